The Bertz CT molecular complexity index is 1050. The fourth-order valence-electron chi connectivity index (χ4n) is 4.93. The van der Waals surface area contributed by atoms with Crippen LogP contribution in [-0.4, -0.2) is 43.0 Å². The van der Waals surface area contributed by atoms with Gasteiger partial charge in [-0.2, -0.15) is 0 Å². The Labute approximate surface area is 201 Å². The van der Waals surface area contributed by atoms with Gasteiger partial charge in [0.1, 0.15) is 11.4 Å². The number of hydrogen-bond donors (Lipinski definition) is 4. The molecule has 34 heavy (non-hydrogen) atoms. The zero-order valence-corrected chi connectivity index (χ0v) is 19.8. The predicted molar refractivity (Wildman–Crippen MR) is 123 cm³/mol. The molecule has 0 aromatic heterocycles. The molecule has 1 aromatic carbocycles. The summed E-state index contributed by atoms with van der Waals surface area (Å²) >= 11 is 6.09. The van der Waals surface area contributed by atoms with Crippen molar-refractivity contribution in [3.05, 3.63) is 40.2 Å². The summed E-state index contributed by atoms with van der Waals surface area (Å²) in [5.41, 5.74) is -0.0145. The lowest BCUT2D eigenvalue weighted by molar-refractivity contribution is -0.127. The second-order valence-electron chi connectivity index (χ2n) is 9.36. The third-order valence-corrected chi connectivity index (χ3v) is 7.03. The summed E-state index contributed by atoms with van der Waals surface area (Å²) in [7, 11) is 0. The van der Waals surface area contributed by atoms with Crippen LogP contribution in [0.3, 0.4) is 0 Å². The number of carbonyl (C=O) groups excluding carboxylic acids is 3. The maximum Gasteiger partial charge on any atom is 0.269 e. The number of amides is 3. The fraction of sp³-hybridized carbons (Fsp3) is 0.522. The van der Waals surface area contributed by atoms with Gasteiger partial charge in [-0.15, -0.1) is 0 Å². The van der Waals surface area contributed by atoms with E-state index in [1.54, 1.807) is 0 Å². The predicted octanol–water partition coefficient (Wildman–Crippen LogP) is 2.29. The third kappa shape index (κ3) is 4.55. The van der Waals surface area contributed by atoms with Crippen LogP contribution in [0.4, 0.5) is 14.5 Å². The number of nitrogens with zero attached hydrogens (tertiary/aromatic N) is 1. The number of rotatable bonds is 5. The molecule has 1 aromatic rings. The van der Waals surface area contributed by atoms with Gasteiger partial charge in [0.05, 0.1) is 22.8 Å². The number of nitrogens with one attached hydrogen (secondary N) is 4. The van der Waals surface area contributed by atoms with Gasteiger partial charge in [-0.3, -0.25) is 14.4 Å². The molecule has 1 aliphatic carbocycles. The lowest BCUT2D eigenvalue weighted by Crippen LogP contribution is -2.45. The molecular formula is C23H28ClF2N5O3. The average molecular weight is 496 g/mol. The van der Waals surface area contributed by atoms with Crippen molar-refractivity contribution in [2.24, 2.45) is 5.41 Å². The van der Waals surface area contributed by atoms with Crippen LogP contribution in [0.2, 0.25) is 5.02 Å². The first-order chi connectivity index (χ1) is 16.1. The summed E-state index contributed by atoms with van der Waals surface area (Å²) in [5.74, 6) is -2.97. The summed E-state index contributed by atoms with van der Waals surface area (Å²) in [6.45, 7) is 4.33. The monoisotopic (exact) mass is 495 g/mol. The van der Waals surface area contributed by atoms with Crippen molar-refractivity contribution >= 4 is 35.0 Å². The Morgan fingerprint density at radius 2 is 1.71 bits per heavy atom. The van der Waals surface area contributed by atoms with E-state index in [2.05, 4.69) is 21.3 Å². The quantitative estimate of drug-likeness (QED) is 0.469. The van der Waals surface area contributed by atoms with Crippen molar-refractivity contribution in [3.63, 3.8) is 0 Å². The van der Waals surface area contributed by atoms with Crippen molar-refractivity contribution in [1.29, 1.82) is 0 Å². The molecule has 8 nitrogen and oxygen atoms in total. The van der Waals surface area contributed by atoms with Crippen LogP contribution in [0.25, 0.3) is 0 Å². The van der Waals surface area contributed by atoms with E-state index in [0.29, 0.717) is 38.6 Å². The van der Waals surface area contributed by atoms with Crippen molar-refractivity contribution in [2.75, 3.05) is 18.1 Å². The van der Waals surface area contributed by atoms with Gasteiger partial charge in [0.2, 0.25) is 5.91 Å². The van der Waals surface area contributed by atoms with Gasteiger partial charge in [0.25, 0.3) is 11.8 Å². The number of halogens is 3. The van der Waals surface area contributed by atoms with Gasteiger partial charge in [0.15, 0.2) is 11.6 Å². The molecule has 4 N–H and O–H groups in total. The van der Waals surface area contributed by atoms with Crippen LogP contribution in [0.1, 0.15) is 46.0 Å². The van der Waals surface area contributed by atoms with Crippen LogP contribution < -0.4 is 26.2 Å². The van der Waals surface area contributed by atoms with Crippen LogP contribution in [0, 0.1) is 17.0 Å². The lowest BCUT2D eigenvalue weighted by atomic mass is 9.71. The van der Waals surface area contributed by atoms with E-state index >= 15 is 0 Å². The molecule has 184 valence electrons. The minimum Gasteiger partial charge on any atom is -0.362 e. The Balaban J connectivity index is 1.39. The highest BCUT2D eigenvalue weighted by atomic mass is 35.5. The minimum atomic E-state index is -1.06. The Kier molecular flexibility index (Phi) is 6.71. The van der Waals surface area contributed by atoms with Crippen molar-refractivity contribution in [1.82, 2.24) is 21.3 Å². The SMILES string of the molecule is CC(C)NC(=O)C1=C(C(=O)N[C@H]2CC[C@@]3(CCN(c4cc(F)c(F)cc4Cl)C3=O)CC2)NCN1. The van der Waals surface area contributed by atoms with E-state index in [4.69, 9.17) is 11.6 Å². The van der Waals surface area contributed by atoms with E-state index < -0.39 is 17.0 Å². The van der Waals surface area contributed by atoms with Crippen LogP contribution >= 0.6 is 11.6 Å². The number of hydrogen-bond acceptors (Lipinski definition) is 5. The Morgan fingerprint density at radius 3 is 2.35 bits per heavy atom. The minimum absolute atomic E-state index is 0.00601. The average Bonchev–Trinajstić information content (AvgIpc) is 3.38. The third-order valence-electron chi connectivity index (χ3n) is 6.73. The smallest absolute Gasteiger partial charge is 0.269 e. The van der Waals surface area contributed by atoms with Gasteiger partial charge < -0.3 is 26.2 Å². The van der Waals surface area contributed by atoms with Crippen LogP contribution in [0.5, 0.6) is 0 Å². The molecule has 4 rings (SSSR count). The first-order valence-corrected chi connectivity index (χ1v) is 11.8. The van der Waals surface area contributed by atoms with Crippen molar-refractivity contribution < 1.29 is 23.2 Å². The second kappa shape index (κ2) is 9.40. The van der Waals surface area contributed by atoms with Gasteiger partial charge in [-0.05, 0) is 52.0 Å². The molecule has 0 unspecified atom stereocenters. The van der Waals surface area contributed by atoms with E-state index in [1.165, 1.54) is 4.90 Å². The molecule has 2 heterocycles. The highest BCUT2D eigenvalue weighted by Crippen LogP contribution is 2.47. The molecule has 0 radical (unpaired) electrons. The molecule has 1 saturated heterocycles. The largest absolute Gasteiger partial charge is 0.362 e. The Hall–Kier alpha value is -2.88. The number of carbonyl (C=O) groups is 3. The molecule has 1 spiro atoms. The van der Waals surface area contributed by atoms with Gasteiger partial charge >= 0.3 is 0 Å². The molecule has 0 atom stereocenters. The molecule has 2 aliphatic heterocycles. The molecule has 3 amide bonds. The first kappa shape index (κ1) is 24.3. The molecule has 0 bridgehead atoms. The summed E-state index contributed by atoms with van der Waals surface area (Å²) in [4.78, 5) is 39.9. The summed E-state index contributed by atoms with van der Waals surface area (Å²) < 4.78 is 27.2. The molecule has 2 fully saturated rings. The maximum absolute atomic E-state index is 13.8. The van der Waals surface area contributed by atoms with Crippen LogP contribution in [0.15, 0.2) is 23.5 Å². The standard InChI is InChI=1S/C23H28ClF2N5O3/c1-12(2)29-20(32)18-19(28-11-27-18)21(33)30-13-3-5-23(6-4-13)7-8-31(22(23)34)17-10-16(26)15(25)9-14(17)24/h9-10,12-13,27-28H,3-8,11H2,1-2H3,(H,29,32)(H,30,33)/t13-,23-. The Morgan fingerprint density at radius 1 is 1.09 bits per heavy atom. The number of benzene rings is 1. The summed E-state index contributed by atoms with van der Waals surface area (Å²) in [5, 5.41) is 11.5. The molecular weight excluding hydrogens is 468 g/mol. The number of anilines is 1. The van der Waals surface area contributed by atoms with Crippen LogP contribution in [-0.2, 0) is 14.4 Å². The summed E-state index contributed by atoms with van der Waals surface area (Å²) in [6.07, 6.45) is 2.87. The second-order valence-corrected chi connectivity index (χ2v) is 9.77. The highest BCUT2D eigenvalue weighted by molar-refractivity contribution is 6.34. The fourth-order valence-corrected chi connectivity index (χ4v) is 5.18. The lowest BCUT2D eigenvalue weighted by Gasteiger charge is -2.36. The molecule has 1 saturated carbocycles. The topological polar surface area (TPSA) is 103 Å². The van der Waals surface area contributed by atoms with E-state index in [9.17, 15) is 23.2 Å². The van der Waals surface area contributed by atoms with E-state index in [1.807, 2.05) is 13.8 Å². The zero-order chi connectivity index (χ0) is 24.6. The maximum atomic E-state index is 13.8. The normalized spacial score (nSPS) is 24.5. The van der Waals surface area contributed by atoms with E-state index in [0.717, 1.165) is 12.1 Å². The van der Waals surface area contributed by atoms with E-state index in [-0.39, 0.29) is 58.6 Å². The van der Waals surface area contributed by atoms with Crippen molar-refractivity contribution in [3.8, 4) is 0 Å². The molecule has 3 aliphatic rings. The molecule has 11 heteroatoms. The summed E-state index contributed by atoms with van der Waals surface area (Å²) in [6, 6.07) is 1.64. The van der Waals surface area contributed by atoms with Gasteiger partial charge in [-0.1, -0.05) is 11.6 Å². The van der Waals surface area contributed by atoms with Gasteiger partial charge in [0, 0.05) is 24.7 Å². The van der Waals surface area contributed by atoms with Crippen molar-refractivity contribution in [2.45, 2.75) is 58.0 Å². The van der Waals surface area contributed by atoms with Gasteiger partial charge in [-0.25, -0.2) is 8.78 Å². The zero-order valence-electron chi connectivity index (χ0n) is 19.1. The first-order valence-electron chi connectivity index (χ1n) is 11.4. The highest BCUT2D eigenvalue weighted by Gasteiger charge is 2.49.